The molecule has 2 heterocycles. The Hall–Kier alpha value is -2.00. The number of nitrogens with zero attached hydrogens (tertiary/aromatic N) is 2. The van der Waals surface area contributed by atoms with Crippen LogP contribution in [0.5, 0.6) is 0 Å². The molecule has 2 aromatic heterocycles. The molecule has 0 bridgehead atoms. The van der Waals surface area contributed by atoms with Gasteiger partial charge in [-0.1, -0.05) is 49.1 Å². The minimum absolute atomic E-state index is 0.936. The summed E-state index contributed by atoms with van der Waals surface area (Å²) >= 11 is 0. The minimum Gasteiger partial charge on any atom is -0.251 e. The Morgan fingerprint density at radius 3 is 2.29 bits per heavy atom. The van der Waals surface area contributed by atoms with E-state index in [1.807, 2.05) is 25.1 Å². The minimum atomic E-state index is -1.28. The number of fused-ring (bicyclic) bond motifs is 1. The second kappa shape index (κ2) is 5.08. The summed E-state index contributed by atoms with van der Waals surface area (Å²) in [5.41, 5.74) is 3.93. The van der Waals surface area contributed by atoms with Crippen LogP contribution in [0.15, 0.2) is 48.5 Å². The predicted octanol–water partition coefficient (Wildman–Crippen LogP) is 4.15. The van der Waals surface area contributed by atoms with Gasteiger partial charge in [0.05, 0.1) is 25.0 Å². The van der Waals surface area contributed by atoms with Crippen molar-refractivity contribution in [3.05, 3.63) is 54.2 Å². The normalized spacial score (nSPS) is 11.8. The van der Waals surface area contributed by atoms with E-state index in [1.54, 1.807) is 0 Å². The van der Waals surface area contributed by atoms with Crippen LogP contribution >= 0.6 is 0 Å². The molecule has 0 N–H and O–H groups in total. The van der Waals surface area contributed by atoms with E-state index in [1.165, 1.54) is 10.6 Å². The average molecular weight is 292 g/mol. The van der Waals surface area contributed by atoms with Gasteiger partial charge in [-0.3, -0.25) is 4.98 Å². The van der Waals surface area contributed by atoms with Crippen LogP contribution in [0.4, 0.5) is 0 Å². The highest BCUT2D eigenvalue weighted by atomic mass is 28.3. The van der Waals surface area contributed by atoms with Crippen molar-refractivity contribution in [1.82, 2.24) is 9.97 Å². The molecule has 0 fully saturated rings. The maximum atomic E-state index is 4.76. The Balaban J connectivity index is 2.09. The molecule has 3 heteroatoms. The highest BCUT2D eigenvalue weighted by Gasteiger charge is 2.16. The first kappa shape index (κ1) is 14.0. The molecule has 2 nitrogen and oxygen atoms in total. The number of aryl methyl sites for hydroxylation is 1. The van der Waals surface area contributed by atoms with E-state index in [2.05, 4.69) is 55.0 Å². The maximum Gasteiger partial charge on any atom is 0.0894 e. The second-order valence-corrected chi connectivity index (χ2v) is 11.6. The summed E-state index contributed by atoms with van der Waals surface area (Å²) in [5.74, 6) is 0. The molecule has 0 atom stereocenters. The van der Waals surface area contributed by atoms with Gasteiger partial charge in [0.2, 0.25) is 0 Å². The molecule has 1 aromatic carbocycles. The molecule has 3 rings (SSSR count). The maximum absolute atomic E-state index is 4.76. The van der Waals surface area contributed by atoms with Crippen molar-refractivity contribution in [2.24, 2.45) is 0 Å². The second-order valence-electron chi connectivity index (χ2n) is 6.52. The van der Waals surface area contributed by atoms with Crippen molar-refractivity contribution in [3.63, 3.8) is 0 Å². The summed E-state index contributed by atoms with van der Waals surface area (Å²) in [5, 5.41) is 2.68. The number of rotatable bonds is 2. The fraction of sp³-hybridized carbons (Fsp3) is 0.222. The predicted molar refractivity (Wildman–Crippen MR) is 92.7 cm³/mol. The third-order valence-corrected chi connectivity index (χ3v) is 5.75. The van der Waals surface area contributed by atoms with Gasteiger partial charge in [-0.2, -0.15) is 0 Å². The first-order valence-corrected chi connectivity index (χ1v) is 10.8. The molecule has 0 saturated carbocycles. The molecule has 0 aliphatic rings. The molecule has 0 saturated heterocycles. The highest BCUT2D eigenvalue weighted by molar-refractivity contribution is 6.88. The molecule has 0 spiro atoms. The Morgan fingerprint density at radius 2 is 1.57 bits per heavy atom. The average Bonchev–Trinajstić information content (AvgIpc) is 2.45. The summed E-state index contributed by atoms with van der Waals surface area (Å²) in [6.45, 7) is 9.11. The lowest BCUT2D eigenvalue weighted by atomic mass is 10.1. The van der Waals surface area contributed by atoms with Crippen molar-refractivity contribution in [2.75, 3.05) is 0 Å². The van der Waals surface area contributed by atoms with Crippen molar-refractivity contribution in [3.8, 4) is 11.4 Å². The van der Waals surface area contributed by atoms with Gasteiger partial charge in [-0.15, -0.1) is 0 Å². The monoisotopic (exact) mass is 292 g/mol. The molecule has 0 aliphatic carbocycles. The number of hydrogen-bond acceptors (Lipinski definition) is 2. The summed E-state index contributed by atoms with van der Waals surface area (Å²) in [4.78, 5) is 9.31. The fourth-order valence-electron chi connectivity index (χ4n) is 2.42. The van der Waals surface area contributed by atoms with Gasteiger partial charge in [0, 0.05) is 11.1 Å². The number of pyridine rings is 2. The zero-order valence-electron chi connectivity index (χ0n) is 13.0. The van der Waals surface area contributed by atoms with E-state index in [9.17, 15) is 0 Å². The molecule has 0 amide bonds. The van der Waals surface area contributed by atoms with Gasteiger partial charge in [0.25, 0.3) is 0 Å². The van der Waals surface area contributed by atoms with Crippen LogP contribution in [-0.4, -0.2) is 18.0 Å². The summed E-state index contributed by atoms with van der Waals surface area (Å²) < 4.78 is 0. The smallest absolute Gasteiger partial charge is 0.0894 e. The van der Waals surface area contributed by atoms with Crippen molar-refractivity contribution >= 4 is 24.2 Å². The van der Waals surface area contributed by atoms with Crippen LogP contribution in [0.2, 0.25) is 19.6 Å². The molecular formula is C18H20N2Si. The summed E-state index contributed by atoms with van der Waals surface area (Å²) in [7, 11) is -1.28. The van der Waals surface area contributed by atoms with E-state index in [0.29, 0.717) is 0 Å². The number of aromatic nitrogens is 2. The van der Waals surface area contributed by atoms with Gasteiger partial charge in [-0.25, -0.2) is 4.98 Å². The van der Waals surface area contributed by atoms with Gasteiger partial charge in [0.15, 0.2) is 0 Å². The number of hydrogen-bond donors (Lipinski definition) is 0. The van der Waals surface area contributed by atoms with E-state index in [4.69, 9.17) is 4.98 Å². The molecule has 0 unspecified atom stereocenters. The van der Waals surface area contributed by atoms with E-state index < -0.39 is 8.07 Å². The Morgan fingerprint density at radius 1 is 0.810 bits per heavy atom. The lowest BCUT2D eigenvalue weighted by Gasteiger charge is -2.17. The van der Waals surface area contributed by atoms with Gasteiger partial charge in [0.1, 0.15) is 0 Å². The zero-order valence-corrected chi connectivity index (χ0v) is 14.0. The number of benzene rings is 1. The highest BCUT2D eigenvalue weighted by Crippen LogP contribution is 2.19. The van der Waals surface area contributed by atoms with Crippen LogP contribution in [0.1, 0.15) is 5.69 Å². The third kappa shape index (κ3) is 2.88. The van der Waals surface area contributed by atoms with E-state index >= 15 is 0 Å². The van der Waals surface area contributed by atoms with Crippen LogP contribution in [-0.2, 0) is 0 Å². The third-order valence-electron chi connectivity index (χ3n) is 3.71. The molecule has 3 aromatic rings. The molecule has 21 heavy (non-hydrogen) atoms. The topological polar surface area (TPSA) is 25.8 Å². The Kier molecular flexibility index (Phi) is 3.37. The van der Waals surface area contributed by atoms with Crippen LogP contribution in [0, 0.1) is 6.92 Å². The lowest BCUT2D eigenvalue weighted by molar-refractivity contribution is 1.19. The summed E-state index contributed by atoms with van der Waals surface area (Å²) in [6.07, 6.45) is 0. The molecule has 0 aliphatic heterocycles. The molecular weight excluding hydrogens is 272 g/mol. The Labute approximate surface area is 126 Å². The molecule has 0 radical (unpaired) electrons. The van der Waals surface area contributed by atoms with Gasteiger partial charge in [-0.05, 0) is 31.2 Å². The Bertz CT molecular complexity index is 804. The van der Waals surface area contributed by atoms with Crippen molar-refractivity contribution < 1.29 is 0 Å². The van der Waals surface area contributed by atoms with Gasteiger partial charge < -0.3 is 0 Å². The van der Waals surface area contributed by atoms with Crippen LogP contribution in [0.3, 0.4) is 0 Å². The fourth-order valence-corrected chi connectivity index (χ4v) is 3.59. The van der Waals surface area contributed by atoms with Gasteiger partial charge >= 0.3 is 0 Å². The zero-order chi connectivity index (χ0) is 15.0. The van der Waals surface area contributed by atoms with Crippen molar-refractivity contribution in [1.29, 1.82) is 0 Å². The van der Waals surface area contributed by atoms with E-state index in [0.717, 1.165) is 22.6 Å². The first-order chi connectivity index (χ1) is 9.93. The largest absolute Gasteiger partial charge is 0.251 e. The van der Waals surface area contributed by atoms with Crippen LogP contribution in [0.25, 0.3) is 22.3 Å². The summed E-state index contributed by atoms with van der Waals surface area (Å²) in [6, 6.07) is 16.9. The quantitative estimate of drug-likeness (QED) is 0.663. The lowest BCUT2D eigenvalue weighted by Crippen LogP contribution is -2.37. The molecule has 106 valence electrons. The van der Waals surface area contributed by atoms with Crippen molar-refractivity contribution in [2.45, 2.75) is 26.6 Å². The van der Waals surface area contributed by atoms with Crippen LogP contribution < -0.4 is 5.19 Å². The first-order valence-electron chi connectivity index (χ1n) is 7.29. The van der Waals surface area contributed by atoms with E-state index in [-0.39, 0.29) is 0 Å². The SMILES string of the molecule is Cc1cccc(-c2ccc3cc([Si](C)(C)C)ccc3n2)n1. The standard InChI is InChI=1S/C18H20N2Si/c1-13-6-5-7-17(19-13)18-10-8-14-12-15(21(2,3)4)9-11-16(14)20-18/h5-12H,1-4H3.